The van der Waals surface area contributed by atoms with Gasteiger partial charge in [0.25, 0.3) is 0 Å². The summed E-state index contributed by atoms with van der Waals surface area (Å²) >= 11 is 0. The number of aliphatic carboxylic acids is 1. The van der Waals surface area contributed by atoms with Crippen molar-refractivity contribution in [3.63, 3.8) is 0 Å². The van der Waals surface area contributed by atoms with Crippen molar-refractivity contribution in [1.29, 1.82) is 0 Å². The van der Waals surface area contributed by atoms with Crippen molar-refractivity contribution in [3.8, 4) is 0 Å². The van der Waals surface area contributed by atoms with Crippen LogP contribution in [0.1, 0.15) is 26.2 Å². The molecule has 0 saturated heterocycles. The molecule has 0 bridgehead atoms. The second-order valence-corrected chi connectivity index (χ2v) is 3.01. The molecule has 0 spiro atoms. The van der Waals surface area contributed by atoms with Crippen LogP contribution in [0.4, 0.5) is 0 Å². The zero-order chi connectivity index (χ0) is 9.68. The summed E-state index contributed by atoms with van der Waals surface area (Å²) in [7, 11) is 0. The van der Waals surface area contributed by atoms with Crippen molar-refractivity contribution in [2.24, 2.45) is 0 Å². The molecule has 0 saturated carbocycles. The first kappa shape index (κ1) is 9.78. The first-order valence-corrected chi connectivity index (χ1v) is 4.52. The Kier molecular flexibility index (Phi) is 3.50. The minimum Gasteiger partial charge on any atom is -0.478 e. The lowest BCUT2D eigenvalue weighted by molar-refractivity contribution is -0.132. The molecule has 2 nitrogen and oxygen atoms in total. The molecule has 1 aliphatic rings. The fraction of sp³-hybridized carbons (Fsp3) is 0.364. The lowest BCUT2D eigenvalue weighted by Gasteiger charge is -2.02. The van der Waals surface area contributed by atoms with Crippen LogP contribution in [0.5, 0.6) is 0 Å². The third-order valence-corrected chi connectivity index (χ3v) is 2.10. The quantitative estimate of drug-likeness (QED) is 0.705. The molecule has 70 valence electrons. The number of allylic oxidation sites excluding steroid dienone is 5. The molecule has 1 aliphatic carbocycles. The van der Waals surface area contributed by atoms with Crippen LogP contribution in [0.25, 0.3) is 0 Å². The van der Waals surface area contributed by atoms with Crippen LogP contribution in [0, 0.1) is 0 Å². The summed E-state index contributed by atoms with van der Waals surface area (Å²) in [5, 5.41) is 8.76. The van der Waals surface area contributed by atoms with Crippen LogP contribution < -0.4 is 0 Å². The average molecular weight is 178 g/mol. The molecule has 0 aromatic rings. The summed E-state index contributed by atoms with van der Waals surface area (Å²) in [5.41, 5.74) is 1.77. The molecule has 1 N–H and O–H groups in total. The second-order valence-electron chi connectivity index (χ2n) is 3.01. The largest absolute Gasteiger partial charge is 0.478 e. The van der Waals surface area contributed by atoms with Crippen molar-refractivity contribution in [2.45, 2.75) is 26.2 Å². The maximum Gasteiger partial charge on any atom is 0.331 e. The maximum atomic E-state index is 10.6. The number of carbonyl (C=O) groups is 1. The van der Waals surface area contributed by atoms with Crippen LogP contribution in [0.3, 0.4) is 0 Å². The van der Waals surface area contributed by atoms with E-state index in [4.69, 9.17) is 5.11 Å². The molecule has 0 aromatic heterocycles. The van der Waals surface area contributed by atoms with Gasteiger partial charge in [0.1, 0.15) is 0 Å². The molecular formula is C11H14O2. The molecule has 0 atom stereocenters. The van der Waals surface area contributed by atoms with Gasteiger partial charge in [-0.25, -0.2) is 4.79 Å². The topological polar surface area (TPSA) is 37.3 Å². The Labute approximate surface area is 78.3 Å². The average Bonchev–Trinajstić information content (AvgIpc) is 2.03. The van der Waals surface area contributed by atoms with Gasteiger partial charge >= 0.3 is 5.97 Å². The van der Waals surface area contributed by atoms with Gasteiger partial charge in [-0.05, 0) is 19.3 Å². The van der Waals surface area contributed by atoms with Gasteiger partial charge in [-0.3, -0.25) is 0 Å². The molecule has 1 rings (SSSR count). The fourth-order valence-corrected chi connectivity index (χ4v) is 1.28. The molecule has 0 aromatic carbocycles. The van der Waals surface area contributed by atoms with Gasteiger partial charge in [-0.15, -0.1) is 0 Å². The van der Waals surface area contributed by atoms with Gasteiger partial charge in [0, 0.05) is 5.57 Å². The summed E-state index contributed by atoms with van der Waals surface area (Å²) in [6.07, 6.45) is 10.0. The molecule has 0 fully saturated rings. The molecule has 0 aliphatic heterocycles. The first-order valence-electron chi connectivity index (χ1n) is 4.52. The normalized spacial score (nSPS) is 27.5. The van der Waals surface area contributed by atoms with Crippen molar-refractivity contribution >= 4 is 5.97 Å². The molecule has 13 heavy (non-hydrogen) atoms. The van der Waals surface area contributed by atoms with E-state index in [1.807, 2.05) is 12.2 Å². The Morgan fingerprint density at radius 1 is 1.54 bits per heavy atom. The minimum absolute atomic E-state index is 0.489. The van der Waals surface area contributed by atoms with E-state index < -0.39 is 5.97 Å². The summed E-state index contributed by atoms with van der Waals surface area (Å²) in [6, 6.07) is 0. The Morgan fingerprint density at radius 2 is 2.31 bits per heavy atom. The highest BCUT2D eigenvalue weighted by Gasteiger charge is 2.05. The van der Waals surface area contributed by atoms with Gasteiger partial charge in [0.2, 0.25) is 0 Å². The van der Waals surface area contributed by atoms with Gasteiger partial charge < -0.3 is 5.11 Å². The summed E-state index contributed by atoms with van der Waals surface area (Å²) < 4.78 is 0. The van der Waals surface area contributed by atoms with Gasteiger partial charge in [-0.1, -0.05) is 36.8 Å². The van der Waals surface area contributed by atoms with E-state index in [1.165, 1.54) is 5.57 Å². The second kappa shape index (κ2) is 4.65. The maximum absolute atomic E-state index is 10.6. The van der Waals surface area contributed by atoms with Crippen molar-refractivity contribution in [3.05, 3.63) is 35.5 Å². The molecule has 0 amide bonds. The third-order valence-electron chi connectivity index (χ3n) is 2.10. The molecule has 0 unspecified atom stereocenters. The standard InChI is InChI=1S/C11H14O2/c1-2-9-5-3-7-10(11(12)13)8-4-6-9/h3,5-6,8H,2,4,7H2,1H3,(H,12,13)/b5-3-,9-6-,10-8+. The van der Waals surface area contributed by atoms with E-state index in [0.717, 1.165) is 12.8 Å². The zero-order valence-corrected chi connectivity index (χ0v) is 7.79. The van der Waals surface area contributed by atoms with Crippen molar-refractivity contribution in [1.82, 2.24) is 0 Å². The number of hydrogen-bond donors (Lipinski definition) is 1. The SMILES string of the molecule is CCC1=C/C/C=C(/C(=O)O)C/C=C\1. The van der Waals surface area contributed by atoms with Crippen LogP contribution in [-0.2, 0) is 4.79 Å². The molecular weight excluding hydrogens is 164 g/mol. The predicted octanol–water partition coefficient (Wildman–Crippen LogP) is 2.68. The van der Waals surface area contributed by atoms with Gasteiger partial charge in [-0.2, -0.15) is 0 Å². The van der Waals surface area contributed by atoms with Crippen LogP contribution in [0.2, 0.25) is 0 Å². The van der Waals surface area contributed by atoms with Gasteiger partial charge in [0.05, 0.1) is 0 Å². The van der Waals surface area contributed by atoms with E-state index in [0.29, 0.717) is 12.0 Å². The van der Waals surface area contributed by atoms with Crippen molar-refractivity contribution < 1.29 is 9.90 Å². The highest BCUT2D eigenvalue weighted by molar-refractivity contribution is 5.86. The summed E-state index contributed by atoms with van der Waals surface area (Å²) in [6.45, 7) is 2.10. The van der Waals surface area contributed by atoms with Crippen molar-refractivity contribution in [2.75, 3.05) is 0 Å². The summed E-state index contributed by atoms with van der Waals surface area (Å²) in [4.78, 5) is 10.6. The molecule has 0 heterocycles. The van der Waals surface area contributed by atoms with Gasteiger partial charge in [0.15, 0.2) is 0 Å². The number of rotatable bonds is 2. The predicted molar refractivity (Wildman–Crippen MR) is 52.5 cm³/mol. The minimum atomic E-state index is -0.807. The van der Waals surface area contributed by atoms with E-state index >= 15 is 0 Å². The Balaban J connectivity index is 2.76. The van der Waals surface area contributed by atoms with E-state index in [2.05, 4.69) is 13.0 Å². The van der Waals surface area contributed by atoms with Crippen LogP contribution in [0.15, 0.2) is 35.5 Å². The van der Waals surface area contributed by atoms with Crippen LogP contribution in [-0.4, -0.2) is 11.1 Å². The van der Waals surface area contributed by atoms with E-state index in [-0.39, 0.29) is 0 Å². The monoisotopic (exact) mass is 178 g/mol. The first-order chi connectivity index (χ1) is 6.24. The zero-order valence-electron chi connectivity index (χ0n) is 7.79. The van der Waals surface area contributed by atoms with E-state index in [1.54, 1.807) is 6.08 Å². The van der Waals surface area contributed by atoms with Crippen LogP contribution >= 0.6 is 0 Å². The Hall–Kier alpha value is -1.31. The Morgan fingerprint density at radius 3 is 2.92 bits per heavy atom. The number of hydrogen-bond acceptors (Lipinski definition) is 1. The Bertz CT molecular complexity index is 282. The smallest absolute Gasteiger partial charge is 0.331 e. The fourth-order valence-electron chi connectivity index (χ4n) is 1.28. The molecule has 0 radical (unpaired) electrons. The van der Waals surface area contributed by atoms with E-state index in [9.17, 15) is 4.79 Å². The number of carboxylic acids is 1. The number of carboxylic acid groups (broad SMARTS) is 1. The third kappa shape index (κ3) is 2.90. The highest BCUT2D eigenvalue weighted by Crippen LogP contribution is 2.13. The molecule has 2 heteroatoms. The highest BCUT2D eigenvalue weighted by atomic mass is 16.4. The lowest BCUT2D eigenvalue weighted by Crippen LogP contribution is -2.00. The summed E-state index contributed by atoms with van der Waals surface area (Å²) in [5.74, 6) is -0.807. The lowest BCUT2D eigenvalue weighted by atomic mass is 10.0.